The summed E-state index contributed by atoms with van der Waals surface area (Å²) in [6.07, 6.45) is 2.23. The molecule has 3 aromatic rings. The minimum Gasteiger partial charge on any atom is -0.298 e. The molecule has 0 spiro atoms. The predicted octanol–water partition coefficient (Wildman–Crippen LogP) is 5.12. The Labute approximate surface area is 169 Å². The fourth-order valence-corrected chi connectivity index (χ4v) is 3.71. The lowest BCUT2D eigenvalue weighted by molar-refractivity contribution is 0.112. The molecule has 1 aromatic heterocycles. The molecular formula is C21H18F2INO2. The highest BCUT2D eigenvalue weighted by Gasteiger charge is 2.23. The van der Waals surface area contributed by atoms with Crippen molar-refractivity contribution in [3.63, 3.8) is 0 Å². The van der Waals surface area contributed by atoms with Crippen LogP contribution >= 0.6 is 22.6 Å². The molecular weight excluding hydrogens is 463 g/mol. The van der Waals surface area contributed by atoms with Crippen LogP contribution in [0.1, 0.15) is 35.3 Å². The van der Waals surface area contributed by atoms with E-state index in [1.165, 1.54) is 16.8 Å². The topological polar surface area (TPSA) is 39.1 Å². The average molecular weight is 481 g/mol. The molecule has 0 fully saturated rings. The van der Waals surface area contributed by atoms with Crippen LogP contribution in [0, 0.1) is 5.82 Å². The Kier molecular flexibility index (Phi) is 5.46. The summed E-state index contributed by atoms with van der Waals surface area (Å²) >= 11 is 2.14. The first-order valence-corrected chi connectivity index (χ1v) is 9.91. The number of nitrogens with zero attached hydrogens (tertiary/aromatic N) is 1. The molecule has 6 heteroatoms. The van der Waals surface area contributed by atoms with Crippen molar-refractivity contribution in [2.75, 3.05) is 6.67 Å². The van der Waals surface area contributed by atoms with E-state index >= 15 is 0 Å². The minimum atomic E-state index is -0.844. The van der Waals surface area contributed by atoms with Gasteiger partial charge in [0.15, 0.2) is 6.29 Å². The van der Waals surface area contributed by atoms with Crippen LogP contribution in [0.2, 0.25) is 0 Å². The average Bonchev–Trinajstić information content (AvgIpc) is 2.67. The zero-order valence-electron chi connectivity index (χ0n) is 14.9. The molecule has 0 aliphatic carbocycles. The van der Waals surface area contributed by atoms with Gasteiger partial charge in [0.2, 0.25) is 0 Å². The van der Waals surface area contributed by atoms with Gasteiger partial charge in [0.25, 0.3) is 5.56 Å². The molecule has 0 aliphatic rings. The second-order valence-corrected chi connectivity index (χ2v) is 7.79. The molecule has 0 atom stereocenters. The van der Waals surface area contributed by atoms with Crippen molar-refractivity contribution in [3.8, 4) is 5.69 Å². The number of carbonyl (C=O) groups is 1. The Morgan fingerprint density at radius 1 is 1.22 bits per heavy atom. The Morgan fingerprint density at radius 2 is 1.96 bits per heavy atom. The quantitative estimate of drug-likeness (QED) is 0.288. The van der Waals surface area contributed by atoms with Crippen molar-refractivity contribution in [2.45, 2.75) is 23.7 Å². The summed E-state index contributed by atoms with van der Waals surface area (Å²) in [5, 5.41) is 0.332. The van der Waals surface area contributed by atoms with Crippen molar-refractivity contribution in [1.29, 1.82) is 0 Å². The molecule has 2 aromatic carbocycles. The molecule has 0 saturated heterocycles. The zero-order valence-corrected chi connectivity index (χ0v) is 17.1. The van der Waals surface area contributed by atoms with Crippen molar-refractivity contribution < 1.29 is 13.6 Å². The van der Waals surface area contributed by atoms with Gasteiger partial charge >= 0.3 is 0 Å². The Bertz CT molecular complexity index is 1090. The van der Waals surface area contributed by atoms with Gasteiger partial charge in [0.1, 0.15) is 5.82 Å². The largest absolute Gasteiger partial charge is 0.298 e. The van der Waals surface area contributed by atoms with Gasteiger partial charge in [0, 0.05) is 21.6 Å². The Hall–Kier alpha value is -2.09. The number of hydrogen-bond acceptors (Lipinski definition) is 2. The smallest absolute Gasteiger partial charge is 0.265 e. The monoisotopic (exact) mass is 481 g/mol. The van der Waals surface area contributed by atoms with Crippen molar-refractivity contribution >= 4 is 39.6 Å². The van der Waals surface area contributed by atoms with Crippen LogP contribution in [0.25, 0.3) is 16.5 Å². The molecule has 0 radical (unpaired) electrons. The maximum Gasteiger partial charge on any atom is 0.265 e. The zero-order chi connectivity index (χ0) is 19.8. The predicted molar refractivity (Wildman–Crippen MR) is 112 cm³/mol. The lowest BCUT2D eigenvalue weighted by Crippen LogP contribution is -2.23. The highest BCUT2D eigenvalue weighted by atomic mass is 127. The maximum absolute atomic E-state index is 14.8. The van der Waals surface area contributed by atoms with Gasteiger partial charge in [-0.3, -0.25) is 18.5 Å². The highest BCUT2D eigenvalue weighted by Crippen LogP contribution is 2.28. The molecule has 140 valence electrons. The fraction of sp³-hybridized carbons (Fsp3) is 0.238. The molecule has 0 aliphatic heterocycles. The van der Waals surface area contributed by atoms with E-state index in [0.29, 0.717) is 32.9 Å². The molecule has 0 bridgehead atoms. The maximum atomic E-state index is 14.8. The first-order valence-electron chi connectivity index (χ1n) is 8.39. The number of fused-ring (bicyclic) bond motifs is 1. The highest BCUT2D eigenvalue weighted by molar-refractivity contribution is 14.1. The summed E-state index contributed by atoms with van der Waals surface area (Å²) < 4.78 is 30.0. The lowest BCUT2D eigenvalue weighted by Gasteiger charge is -2.22. The van der Waals surface area contributed by atoms with E-state index < -0.39 is 23.5 Å². The molecule has 0 N–H and O–H groups in total. The number of pyridine rings is 1. The number of rotatable bonds is 5. The van der Waals surface area contributed by atoms with Gasteiger partial charge in [-0.2, -0.15) is 0 Å². The van der Waals surface area contributed by atoms with E-state index in [0.717, 1.165) is 5.56 Å². The molecule has 3 rings (SSSR count). The van der Waals surface area contributed by atoms with Crippen molar-refractivity contribution in [1.82, 2.24) is 4.57 Å². The third-order valence-electron chi connectivity index (χ3n) is 4.77. The summed E-state index contributed by atoms with van der Waals surface area (Å²) in [5.74, 6) is -0.693. The van der Waals surface area contributed by atoms with E-state index in [4.69, 9.17) is 0 Å². The fourth-order valence-electron chi connectivity index (χ4n) is 3.05. The van der Waals surface area contributed by atoms with Crippen LogP contribution in [0.5, 0.6) is 0 Å². The van der Waals surface area contributed by atoms with Gasteiger partial charge in [0.05, 0.1) is 17.7 Å². The molecule has 1 heterocycles. The summed E-state index contributed by atoms with van der Waals surface area (Å²) in [6, 6.07) is 9.71. The van der Waals surface area contributed by atoms with E-state index in [9.17, 15) is 18.4 Å². The third kappa shape index (κ3) is 3.42. The van der Waals surface area contributed by atoms with Crippen LogP contribution in [-0.2, 0) is 9.84 Å². The van der Waals surface area contributed by atoms with Crippen LogP contribution < -0.4 is 5.56 Å². The Morgan fingerprint density at radius 3 is 2.59 bits per heavy atom. The van der Waals surface area contributed by atoms with E-state index in [1.54, 1.807) is 38.1 Å². The molecule has 0 amide bonds. The second-order valence-electron chi connectivity index (χ2n) is 7.03. The first kappa shape index (κ1) is 19.7. The van der Waals surface area contributed by atoms with Crippen LogP contribution in [0.15, 0.2) is 47.4 Å². The number of hydrogen-bond donors (Lipinski definition) is 0. The summed E-state index contributed by atoms with van der Waals surface area (Å²) in [7, 11) is 0. The molecule has 0 unspecified atom stereocenters. The van der Waals surface area contributed by atoms with Crippen LogP contribution in [-0.4, -0.2) is 17.5 Å². The van der Waals surface area contributed by atoms with Crippen LogP contribution in [0.4, 0.5) is 8.78 Å². The number of benzene rings is 2. The Balaban J connectivity index is 2.30. The van der Waals surface area contributed by atoms with Gasteiger partial charge in [-0.25, -0.2) is 4.39 Å². The molecule has 0 saturated carbocycles. The van der Waals surface area contributed by atoms with E-state index in [1.807, 2.05) is 6.07 Å². The van der Waals surface area contributed by atoms with Gasteiger partial charge in [-0.1, -0.05) is 54.6 Å². The summed E-state index contributed by atoms with van der Waals surface area (Å²) in [5.41, 5.74) is 0.720. The number of alkyl halides is 2. The number of aromatic nitrogens is 1. The lowest BCUT2D eigenvalue weighted by atomic mass is 9.85. The second kappa shape index (κ2) is 7.50. The number of aldehydes is 1. The van der Waals surface area contributed by atoms with E-state index in [-0.39, 0.29) is 5.39 Å². The summed E-state index contributed by atoms with van der Waals surface area (Å²) in [6.45, 7) is 2.72. The van der Waals surface area contributed by atoms with Crippen molar-refractivity contribution in [3.05, 3.63) is 75.5 Å². The normalized spacial score (nSPS) is 11.7. The van der Waals surface area contributed by atoms with E-state index in [2.05, 4.69) is 22.6 Å². The SMILES string of the molecule is CC(C)(CF)c1cc(F)c2c(=O)n(-c3cccc(CI)c3C=O)ccc2c1. The van der Waals surface area contributed by atoms with Gasteiger partial charge < -0.3 is 0 Å². The third-order valence-corrected chi connectivity index (χ3v) is 5.59. The van der Waals surface area contributed by atoms with Crippen molar-refractivity contribution in [2.24, 2.45) is 0 Å². The minimum absolute atomic E-state index is 0.0763. The van der Waals surface area contributed by atoms with Gasteiger partial charge in [-0.05, 0) is 34.7 Å². The molecule has 3 nitrogen and oxygen atoms in total. The number of carbonyl (C=O) groups excluding carboxylic acids is 1. The molecule has 27 heavy (non-hydrogen) atoms. The standard InChI is InChI=1S/C21H18F2INO2/c1-21(2,12-22)15-8-13-6-7-25(20(27)19(13)17(23)9-15)18-5-3-4-14(10-24)16(18)11-26/h3-9,11H,10,12H2,1-2H3. The number of halogens is 3. The summed E-state index contributed by atoms with van der Waals surface area (Å²) in [4.78, 5) is 24.6. The first-order chi connectivity index (χ1) is 12.8. The van der Waals surface area contributed by atoms with Crippen LogP contribution in [0.3, 0.4) is 0 Å². The van der Waals surface area contributed by atoms with Gasteiger partial charge in [-0.15, -0.1) is 0 Å².